The van der Waals surface area contributed by atoms with Crippen molar-refractivity contribution in [3.8, 4) is 5.88 Å². The zero-order chi connectivity index (χ0) is 12.5. The van der Waals surface area contributed by atoms with E-state index in [2.05, 4.69) is 4.98 Å². The molecule has 3 rings (SSSR count). The molecule has 2 fully saturated rings. The molecule has 1 aliphatic carbocycles. The summed E-state index contributed by atoms with van der Waals surface area (Å²) in [4.78, 5) is 17.6. The summed E-state index contributed by atoms with van der Waals surface area (Å²) in [5.41, 5.74) is 0.542. The van der Waals surface area contributed by atoms with E-state index in [4.69, 9.17) is 9.84 Å². The van der Waals surface area contributed by atoms with Crippen LogP contribution in [0.4, 0.5) is 0 Å². The summed E-state index contributed by atoms with van der Waals surface area (Å²) in [5.74, 6) is 1.18. The molecule has 0 radical (unpaired) electrons. The number of nitrogens with zero attached hydrogens (tertiary/aromatic N) is 2. The molecular formula is C13H16N2O3. The van der Waals surface area contributed by atoms with Gasteiger partial charge >= 0.3 is 0 Å². The molecule has 1 saturated carbocycles. The van der Waals surface area contributed by atoms with Crippen LogP contribution in [0.1, 0.15) is 23.2 Å². The number of β-amino-alcohol motifs (C(OH)–C–C–N with tert-alkyl or cyclic N) is 1. The second kappa shape index (κ2) is 4.57. The lowest BCUT2D eigenvalue weighted by Crippen LogP contribution is -2.53. The number of aromatic nitrogens is 1. The number of aliphatic hydroxyl groups excluding tert-OH is 1. The maximum Gasteiger partial charge on any atom is 0.255 e. The highest BCUT2D eigenvalue weighted by Gasteiger charge is 2.29. The van der Waals surface area contributed by atoms with Crippen LogP contribution in [-0.4, -0.2) is 46.7 Å². The Morgan fingerprint density at radius 1 is 1.44 bits per heavy atom. The molecule has 1 aliphatic heterocycles. The van der Waals surface area contributed by atoms with E-state index < -0.39 is 0 Å². The first kappa shape index (κ1) is 11.5. The average Bonchev–Trinajstić information content (AvgIpc) is 3.16. The number of pyridine rings is 1. The summed E-state index contributed by atoms with van der Waals surface area (Å²) in [5, 5.41) is 9.16. The van der Waals surface area contributed by atoms with Crippen LogP contribution in [0.3, 0.4) is 0 Å². The molecule has 0 atom stereocenters. The Labute approximate surface area is 105 Å². The Kier molecular flexibility index (Phi) is 2.91. The molecule has 0 aromatic carbocycles. The number of carbonyl (C=O) groups excluding carboxylic acids is 1. The number of hydrogen-bond donors (Lipinski definition) is 1. The van der Waals surface area contributed by atoms with Gasteiger partial charge in [0, 0.05) is 25.4 Å². The fraction of sp³-hybridized carbons (Fsp3) is 0.538. The Morgan fingerprint density at radius 2 is 2.22 bits per heavy atom. The first-order valence-electron chi connectivity index (χ1n) is 6.28. The minimum Gasteiger partial charge on any atom is -0.477 e. The van der Waals surface area contributed by atoms with Crippen LogP contribution in [-0.2, 0) is 0 Å². The van der Waals surface area contributed by atoms with Crippen molar-refractivity contribution in [2.24, 2.45) is 5.92 Å². The zero-order valence-corrected chi connectivity index (χ0v) is 10.1. The molecular weight excluding hydrogens is 232 g/mol. The Hall–Kier alpha value is -1.62. The lowest BCUT2D eigenvalue weighted by atomic mass is 10.1. The number of likely N-dealkylation sites (tertiary alicyclic amines) is 1. The predicted octanol–water partition coefficient (Wildman–Crippen LogP) is 0.687. The van der Waals surface area contributed by atoms with Crippen LogP contribution in [0.2, 0.25) is 0 Å². The molecule has 0 unspecified atom stereocenters. The van der Waals surface area contributed by atoms with Gasteiger partial charge in [0.1, 0.15) is 0 Å². The van der Waals surface area contributed by atoms with Crippen LogP contribution in [0.15, 0.2) is 18.3 Å². The molecule has 1 aromatic heterocycles. The normalized spacial score (nSPS) is 19.5. The van der Waals surface area contributed by atoms with Crippen LogP contribution in [0.25, 0.3) is 0 Å². The van der Waals surface area contributed by atoms with Crippen LogP contribution in [0.5, 0.6) is 5.88 Å². The Bertz CT molecular complexity index is 436. The molecule has 1 N–H and O–H groups in total. The minimum absolute atomic E-state index is 0.0819. The molecule has 1 saturated heterocycles. The Morgan fingerprint density at radius 3 is 2.78 bits per heavy atom. The number of rotatable bonds is 4. The summed E-state index contributed by atoms with van der Waals surface area (Å²) < 4.78 is 5.51. The van der Waals surface area contributed by atoms with Crippen molar-refractivity contribution in [3.63, 3.8) is 0 Å². The highest BCUT2D eigenvalue weighted by atomic mass is 16.5. The molecule has 2 aliphatic rings. The van der Waals surface area contributed by atoms with Gasteiger partial charge in [-0.15, -0.1) is 0 Å². The van der Waals surface area contributed by atoms with E-state index in [9.17, 15) is 4.79 Å². The van der Waals surface area contributed by atoms with Crippen LogP contribution >= 0.6 is 0 Å². The molecule has 1 amide bonds. The number of amides is 1. The van der Waals surface area contributed by atoms with Gasteiger partial charge in [0.15, 0.2) is 0 Å². The number of carbonyl (C=O) groups is 1. The topological polar surface area (TPSA) is 62.7 Å². The summed E-state index contributed by atoms with van der Waals surface area (Å²) >= 11 is 0. The van der Waals surface area contributed by atoms with Gasteiger partial charge in [0.2, 0.25) is 5.88 Å². The minimum atomic E-state index is -0.372. The lowest BCUT2D eigenvalue weighted by Gasteiger charge is -2.35. The van der Waals surface area contributed by atoms with Crippen molar-refractivity contribution in [1.29, 1.82) is 0 Å². The maximum atomic E-state index is 11.9. The van der Waals surface area contributed by atoms with Crippen molar-refractivity contribution < 1.29 is 14.6 Å². The van der Waals surface area contributed by atoms with Crippen molar-refractivity contribution in [3.05, 3.63) is 23.9 Å². The van der Waals surface area contributed by atoms with Crippen LogP contribution in [0, 0.1) is 5.92 Å². The van der Waals surface area contributed by atoms with E-state index in [1.165, 1.54) is 19.0 Å². The molecule has 96 valence electrons. The molecule has 2 heterocycles. The van der Waals surface area contributed by atoms with Gasteiger partial charge in [0.05, 0.1) is 18.3 Å². The third-order valence-corrected chi connectivity index (χ3v) is 3.30. The summed E-state index contributed by atoms with van der Waals surface area (Å²) in [6.45, 7) is 1.55. The van der Waals surface area contributed by atoms with Gasteiger partial charge in [0.25, 0.3) is 5.91 Å². The van der Waals surface area contributed by atoms with E-state index in [1.807, 2.05) is 0 Å². The maximum absolute atomic E-state index is 11.9. The second-order valence-electron chi connectivity index (χ2n) is 5.00. The largest absolute Gasteiger partial charge is 0.477 e. The highest BCUT2D eigenvalue weighted by Crippen LogP contribution is 2.29. The number of hydrogen-bond acceptors (Lipinski definition) is 4. The zero-order valence-electron chi connectivity index (χ0n) is 10.1. The van der Waals surface area contributed by atoms with Gasteiger partial charge in [-0.3, -0.25) is 4.79 Å². The fourth-order valence-corrected chi connectivity index (χ4v) is 1.88. The SMILES string of the molecule is O=C(c1ccc(OCC2CC2)nc1)N1CC(O)C1. The first-order chi connectivity index (χ1) is 8.72. The van der Waals surface area contributed by atoms with Crippen molar-refractivity contribution >= 4 is 5.91 Å². The van der Waals surface area contributed by atoms with Gasteiger partial charge in [-0.1, -0.05) is 0 Å². The van der Waals surface area contributed by atoms with Crippen molar-refractivity contribution in [1.82, 2.24) is 9.88 Å². The van der Waals surface area contributed by atoms with E-state index in [0.717, 1.165) is 6.61 Å². The van der Waals surface area contributed by atoms with Crippen LogP contribution < -0.4 is 4.74 Å². The summed E-state index contributed by atoms with van der Waals surface area (Å²) in [7, 11) is 0. The van der Waals surface area contributed by atoms with E-state index in [0.29, 0.717) is 30.5 Å². The Balaban J connectivity index is 1.57. The van der Waals surface area contributed by atoms with Gasteiger partial charge in [-0.05, 0) is 24.8 Å². The quantitative estimate of drug-likeness (QED) is 0.851. The third kappa shape index (κ3) is 2.46. The third-order valence-electron chi connectivity index (χ3n) is 3.30. The van der Waals surface area contributed by atoms with Gasteiger partial charge < -0.3 is 14.7 Å². The summed E-state index contributed by atoms with van der Waals surface area (Å²) in [6.07, 6.45) is 3.65. The van der Waals surface area contributed by atoms with Crippen molar-refractivity contribution in [2.45, 2.75) is 18.9 Å². The molecule has 0 bridgehead atoms. The average molecular weight is 248 g/mol. The molecule has 5 nitrogen and oxygen atoms in total. The monoisotopic (exact) mass is 248 g/mol. The smallest absolute Gasteiger partial charge is 0.255 e. The summed E-state index contributed by atoms with van der Waals surface area (Å²) in [6, 6.07) is 3.45. The number of aliphatic hydroxyl groups is 1. The molecule has 18 heavy (non-hydrogen) atoms. The first-order valence-corrected chi connectivity index (χ1v) is 6.28. The predicted molar refractivity (Wildman–Crippen MR) is 64.4 cm³/mol. The second-order valence-corrected chi connectivity index (χ2v) is 5.00. The van der Waals surface area contributed by atoms with Gasteiger partial charge in [-0.25, -0.2) is 4.98 Å². The van der Waals surface area contributed by atoms with E-state index >= 15 is 0 Å². The number of ether oxygens (including phenoxy) is 1. The molecule has 5 heteroatoms. The molecule has 0 spiro atoms. The van der Waals surface area contributed by atoms with Crippen molar-refractivity contribution in [2.75, 3.05) is 19.7 Å². The van der Waals surface area contributed by atoms with E-state index in [1.54, 1.807) is 17.0 Å². The molecule has 1 aromatic rings. The fourth-order valence-electron chi connectivity index (χ4n) is 1.88. The highest BCUT2D eigenvalue weighted by molar-refractivity contribution is 5.94. The van der Waals surface area contributed by atoms with E-state index in [-0.39, 0.29) is 12.0 Å². The van der Waals surface area contributed by atoms with Gasteiger partial charge in [-0.2, -0.15) is 0 Å². The lowest BCUT2D eigenvalue weighted by molar-refractivity contribution is 0.00586. The standard InChI is InChI=1S/C13H16N2O3/c16-11-6-15(7-11)13(17)10-3-4-12(14-5-10)18-8-9-1-2-9/h3-5,9,11,16H,1-2,6-8H2.